The average Bonchev–Trinajstić information content (AvgIpc) is 2.55. The van der Waals surface area contributed by atoms with Gasteiger partial charge in [0.25, 0.3) is 5.56 Å². The third-order valence-electron chi connectivity index (χ3n) is 4.21. The van der Waals surface area contributed by atoms with Crippen LogP contribution in [0.5, 0.6) is 0 Å². The molecule has 0 N–H and O–H groups in total. The number of hydrogen-bond donors (Lipinski definition) is 0. The van der Waals surface area contributed by atoms with E-state index in [1.807, 2.05) is 24.3 Å². The molecule has 1 unspecified atom stereocenters. The Bertz CT molecular complexity index is 902. The lowest BCUT2D eigenvalue weighted by Crippen LogP contribution is -2.31. The standard InChI is InChI=1S/C17H16N4O/c1-11-5-7-21-15(8-11)20-14-9-12(10-19-16(14)17(21)22)13-4-2-3-6-18-13/h2-4,6,9-11H,5,7-8H2,1H3. The molecule has 3 aromatic heterocycles. The van der Waals surface area contributed by atoms with E-state index >= 15 is 0 Å². The highest BCUT2D eigenvalue weighted by Gasteiger charge is 2.19. The minimum absolute atomic E-state index is 0.0283. The highest BCUT2D eigenvalue weighted by molar-refractivity contribution is 5.78. The Kier molecular flexibility index (Phi) is 2.99. The van der Waals surface area contributed by atoms with Crippen LogP contribution in [-0.4, -0.2) is 19.5 Å². The van der Waals surface area contributed by atoms with Gasteiger partial charge in [-0.1, -0.05) is 13.0 Å². The summed E-state index contributed by atoms with van der Waals surface area (Å²) < 4.78 is 1.77. The third kappa shape index (κ3) is 2.09. The molecule has 0 radical (unpaired) electrons. The molecular formula is C17H16N4O. The zero-order valence-corrected chi connectivity index (χ0v) is 12.4. The molecular weight excluding hydrogens is 276 g/mol. The van der Waals surface area contributed by atoms with E-state index in [1.54, 1.807) is 17.0 Å². The molecule has 0 bridgehead atoms. The Hall–Kier alpha value is -2.56. The summed E-state index contributed by atoms with van der Waals surface area (Å²) in [5.41, 5.74) is 2.80. The maximum atomic E-state index is 12.6. The molecule has 1 atom stereocenters. The number of fused-ring (bicyclic) bond motifs is 2. The van der Waals surface area contributed by atoms with E-state index in [4.69, 9.17) is 0 Å². The molecule has 0 spiro atoms. The van der Waals surface area contributed by atoms with Crippen LogP contribution in [-0.2, 0) is 13.0 Å². The highest BCUT2D eigenvalue weighted by atomic mass is 16.1. The van der Waals surface area contributed by atoms with Crippen molar-refractivity contribution in [2.24, 2.45) is 5.92 Å². The van der Waals surface area contributed by atoms with Crippen molar-refractivity contribution < 1.29 is 0 Å². The summed E-state index contributed by atoms with van der Waals surface area (Å²) in [6, 6.07) is 7.64. The number of nitrogens with zero attached hydrogens (tertiary/aromatic N) is 4. The summed E-state index contributed by atoms with van der Waals surface area (Å²) in [5.74, 6) is 1.44. The molecule has 0 saturated heterocycles. The number of aromatic nitrogens is 4. The Labute approximate surface area is 127 Å². The summed E-state index contributed by atoms with van der Waals surface area (Å²) in [6.07, 6.45) is 5.31. The first-order valence-electron chi connectivity index (χ1n) is 7.53. The predicted octanol–water partition coefficient (Wildman–Crippen LogP) is 2.44. The predicted molar refractivity (Wildman–Crippen MR) is 84.5 cm³/mol. The van der Waals surface area contributed by atoms with Crippen LogP contribution >= 0.6 is 0 Å². The van der Waals surface area contributed by atoms with Crippen molar-refractivity contribution >= 4 is 11.0 Å². The van der Waals surface area contributed by atoms with Gasteiger partial charge in [0, 0.05) is 30.9 Å². The van der Waals surface area contributed by atoms with Gasteiger partial charge >= 0.3 is 0 Å². The Balaban J connectivity index is 1.92. The molecule has 0 saturated carbocycles. The molecule has 1 aliphatic rings. The molecule has 5 nitrogen and oxygen atoms in total. The first-order chi connectivity index (χ1) is 10.7. The molecule has 110 valence electrons. The molecule has 4 rings (SSSR count). The van der Waals surface area contributed by atoms with E-state index in [1.165, 1.54) is 0 Å². The molecule has 3 aromatic rings. The summed E-state index contributed by atoms with van der Waals surface area (Å²) in [6.45, 7) is 2.93. The molecule has 0 aromatic carbocycles. The van der Waals surface area contributed by atoms with Crippen LogP contribution < -0.4 is 5.56 Å². The zero-order valence-electron chi connectivity index (χ0n) is 12.4. The Morgan fingerprint density at radius 2 is 2.18 bits per heavy atom. The fourth-order valence-electron chi connectivity index (χ4n) is 2.97. The van der Waals surface area contributed by atoms with Crippen molar-refractivity contribution in [1.29, 1.82) is 0 Å². The lowest BCUT2D eigenvalue weighted by molar-refractivity contribution is 0.397. The summed E-state index contributed by atoms with van der Waals surface area (Å²) in [4.78, 5) is 25.9. The summed E-state index contributed by atoms with van der Waals surface area (Å²) in [7, 11) is 0. The van der Waals surface area contributed by atoms with Crippen LogP contribution in [0.1, 0.15) is 19.2 Å². The smallest absolute Gasteiger partial charge is 0.280 e. The normalized spacial score (nSPS) is 17.4. The second-order valence-electron chi connectivity index (χ2n) is 5.89. The lowest BCUT2D eigenvalue weighted by Gasteiger charge is -2.22. The van der Waals surface area contributed by atoms with E-state index < -0.39 is 0 Å². The highest BCUT2D eigenvalue weighted by Crippen LogP contribution is 2.21. The lowest BCUT2D eigenvalue weighted by atomic mass is 10.00. The first kappa shape index (κ1) is 13.1. The number of hydrogen-bond acceptors (Lipinski definition) is 4. The second-order valence-corrected chi connectivity index (χ2v) is 5.89. The molecule has 5 heteroatoms. The van der Waals surface area contributed by atoms with Gasteiger partial charge in [0.15, 0.2) is 5.52 Å². The van der Waals surface area contributed by atoms with Crippen LogP contribution in [0.4, 0.5) is 0 Å². The third-order valence-corrected chi connectivity index (χ3v) is 4.21. The Morgan fingerprint density at radius 3 is 3.00 bits per heavy atom. The summed E-state index contributed by atoms with van der Waals surface area (Å²) >= 11 is 0. The van der Waals surface area contributed by atoms with E-state index in [9.17, 15) is 4.79 Å². The summed E-state index contributed by atoms with van der Waals surface area (Å²) in [5, 5.41) is 0. The van der Waals surface area contributed by atoms with Gasteiger partial charge in [0.1, 0.15) is 5.82 Å². The van der Waals surface area contributed by atoms with Crippen molar-refractivity contribution in [2.75, 3.05) is 0 Å². The minimum Gasteiger partial charge on any atom is -0.295 e. The minimum atomic E-state index is -0.0283. The van der Waals surface area contributed by atoms with Crippen LogP contribution in [0.15, 0.2) is 41.5 Å². The van der Waals surface area contributed by atoms with Crippen LogP contribution in [0.2, 0.25) is 0 Å². The van der Waals surface area contributed by atoms with Gasteiger partial charge < -0.3 is 0 Å². The van der Waals surface area contributed by atoms with E-state index in [-0.39, 0.29) is 5.56 Å². The monoisotopic (exact) mass is 292 g/mol. The fraction of sp³-hybridized carbons (Fsp3) is 0.294. The van der Waals surface area contributed by atoms with E-state index in [2.05, 4.69) is 21.9 Å². The first-order valence-corrected chi connectivity index (χ1v) is 7.53. The number of pyridine rings is 2. The average molecular weight is 292 g/mol. The van der Waals surface area contributed by atoms with E-state index in [0.717, 1.165) is 36.5 Å². The van der Waals surface area contributed by atoms with E-state index in [0.29, 0.717) is 17.0 Å². The fourth-order valence-corrected chi connectivity index (χ4v) is 2.97. The molecule has 1 aliphatic heterocycles. The second kappa shape index (κ2) is 5.02. The molecule has 0 aliphatic carbocycles. The van der Waals surface area contributed by atoms with Crippen molar-refractivity contribution in [1.82, 2.24) is 19.5 Å². The molecule has 4 heterocycles. The van der Waals surface area contributed by atoms with Crippen LogP contribution in [0.25, 0.3) is 22.3 Å². The van der Waals surface area contributed by atoms with Crippen LogP contribution in [0.3, 0.4) is 0 Å². The molecule has 22 heavy (non-hydrogen) atoms. The van der Waals surface area contributed by atoms with Crippen molar-refractivity contribution in [2.45, 2.75) is 26.3 Å². The van der Waals surface area contributed by atoms with Crippen molar-refractivity contribution in [3.63, 3.8) is 0 Å². The van der Waals surface area contributed by atoms with Gasteiger partial charge in [-0.25, -0.2) is 9.97 Å². The SMILES string of the molecule is CC1CCn2c(nc3cc(-c4ccccn4)cnc3c2=O)C1. The van der Waals surface area contributed by atoms with Crippen molar-refractivity contribution in [3.8, 4) is 11.3 Å². The van der Waals surface area contributed by atoms with Gasteiger partial charge in [-0.05, 0) is 30.5 Å². The maximum Gasteiger partial charge on any atom is 0.280 e. The quantitative estimate of drug-likeness (QED) is 0.691. The van der Waals surface area contributed by atoms with Gasteiger partial charge in [-0.15, -0.1) is 0 Å². The van der Waals surface area contributed by atoms with Gasteiger partial charge in [0.2, 0.25) is 0 Å². The van der Waals surface area contributed by atoms with Gasteiger partial charge in [-0.2, -0.15) is 0 Å². The topological polar surface area (TPSA) is 60.7 Å². The number of rotatable bonds is 1. The zero-order chi connectivity index (χ0) is 15.1. The van der Waals surface area contributed by atoms with Crippen molar-refractivity contribution in [3.05, 3.63) is 52.8 Å². The molecule has 0 fully saturated rings. The largest absolute Gasteiger partial charge is 0.295 e. The maximum absolute atomic E-state index is 12.6. The van der Waals surface area contributed by atoms with Gasteiger partial charge in [-0.3, -0.25) is 14.3 Å². The van der Waals surface area contributed by atoms with Crippen LogP contribution in [0, 0.1) is 5.92 Å². The molecule has 0 amide bonds. The van der Waals surface area contributed by atoms with Gasteiger partial charge in [0.05, 0.1) is 11.2 Å². The Morgan fingerprint density at radius 1 is 1.27 bits per heavy atom.